The maximum absolute atomic E-state index is 12.3. The quantitative estimate of drug-likeness (QED) is 0.432. The first-order valence-corrected chi connectivity index (χ1v) is 12.7. The van der Waals surface area contributed by atoms with Crippen LogP contribution >= 0.6 is 0 Å². The number of phenols is 1. The molecule has 178 valence electrons. The fourth-order valence-corrected chi connectivity index (χ4v) is 5.76. The van der Waals surface area contributed by atoms with Gasteiger partial charge in [-0.25, -0.2) is 0 Å². The van der Waals surface area contributed by atoms with E-state index in [1.807, 2.05) is 6.07 Å². The summed E-state index contributed by atoms with van der Waals surface area (Å²) in [6.07, 6.45) is 12.3. The van der Waals surface area contributed by atoms with Crippen LogP contribution in [-0.4, -0.2) is 46.6 Å². The smallest absolute Gasteiger partial charge is 0.244 e. The lowest BCUT2D eigenvalue weighted by molar-refractivity contribution is -0.117. The lowest BCUT2D eigenvalue weighted by Gasteiger charge is -2.36. The molecule has 5 heteroatoms. The average Bonchev–Trinajstić information content (AvgIpc) is 3.29. The number of aromatic hydroxyl groups is 1. The van der Waals surface area contributed by atoms with Gasteiger partial charge in [0.15, 0.2) is 0 Å². The number of aromatic nitrogens is 1. The third-order valence-electron chi connectivity index (χ3n) is 7.71. The van der Waals surface area contributed by atoms with Crippen molar-refractivity contribution in [1.82, 2.24) is 15.2 Å². The number of nitrogens with zero attached hydrogens (tertiary/aromatic N) is 1. The van der Waals surface area contributed by atoms with Gasteiger partial charge in [0, 0.05) is 41.3 Å². The summed E-state index contributed by atoms with van der Waals surface area (Å²) in [7, 11) is 0. The second kappa shape index (κ2) is 10.5. The molecule has 3 aromatic rings. The summed E-state index contributed by atoms with van der Waals surface area (Å²) >= 11 is 0. The van der Waals surface area contributed by atoms with Gasteiger partial charge in [-0.3, -0.25) is 4.79 Å². The number of piperidine rings is 1. The molecule has 1 aromatic heterocycles. The van der Waals surface area contributed by atoms with Crippen LogP contribution in [0.3, 0.4) is 0 Å². The molecular formula is C29H35N3O2. The number of hydrogen-bond acceptors (Lipinski definition) is 3. The summed E-state index contributed by atoms with van der Waals surface area (Å²) in [6.45, 7) is 3.55. The van der Waals surface area contributed by atoms with Gasteiger partial charge < -0.3 is 20.3 Å². The van der Waals surface area contributed by atoms with Crippen LogP contribution < -0.4 is 5.32 Å². The normalized spacial score (nSPS) is 22.4. The Morgan fingerprint density at radius 1 is 1.00 bits per heavy atom. The summed E-state index contributed by atoms with van der Waals surface area (Å²) in [4.78, 5) is 18.4. The molecule has 0 radical (unpaired) electrons. The summed E-state index contributed by atoms with van der Waals surface area (Å²) < 4.78 is 0. The number of para-hydroxylation sites is 2. The molecule has 2 fully saturated rings. The van der Waals surface area contributed by atoms with Crippen molar-refractivity contribution >= 4 is 22.9 Å². The van der Waals surface area contributed by atoms with Crippen molar-refractivity contribution in [1.29, 1.82) is 0 Å². The van der Waals surface area contributed by atoms with Crippen molar-refractivity contribution < 1.29 is 9.90 Å². The van der Waals surface area contributed by atoms with Crippen LogP contribution in [0.15, 0.2) is 60.8 Å². The lowest BCUT2D eigenvalue weighted by atomic mass is 9.84. The molecule has 0 spiro atoms. The fourth-order valence-electron chi connectivity index (χ4n) is 5.76. The Hall–Kier alpha value is -3.05. The number of nitrogens with one attached hydrogen (secondary N) is 2. The van der Waals surface area contributed by atoms with E-state index in [1.165, 1.54) is 67.9 Å². The number of amides is 1. The summed E-state index contributed by atoms with van der Waals surface area (Å²) in [5.74, 6) is 1.50. The van der Waals surface area contributed by atoms with E-state index >= 15 is 0 Å². The molecule has 3 N–H and O–H groups in total. The van der Waals surface area contributed by atoms with Gasteiger partial charge in [-0.2, -0.15) is 0 Å². The zero-order chi connectivity index (χ0) is 23.3. The van der Waals surface area contributed by atoms with E-state index in [4.69, 9.17) is 0 Å². The molecule has 0 bridgehead atoms. The van der Waals surface area contributed by atoms with Crippen LogP contribution in [0.2, 0.25) is 0 Å². The van der Waals surface area contributed by atoms with E-state index < -0.39 is 0 Å². The molecule has 0 unspecified atom stereocenters. The number of hydrogen-bond donors (Lipinski definition) is 3. The zero-order valence-corrected chi connectivity index (χ0v) is 19.7. The number of aromatic amines is 1. The van der Waals surface area contributed by atoms with Gasteiger partial charge in [-0.15, -0.1) is 0 Å². The Morgan fingerprint density at radius 3 is 2.53 bits per heavy atom. The number of phenolic OH excluding ortho intramolecular Hbond substituents is 1. The monoisotopic (exact) mass is 457 g/mol. The van der Waals surface area contributed by atoms with E-state index in [1.54, 1.807) is 24.3 Å². The summed E-state index contributed by atoms with van der Waals surface area (Å²) in [5.41, 5.74) is 3.40. The van der Waals surface area contributed by atoms with Gasteiger partial charge >= 0.3 is 0 Å². The van der Waals surface area contributed by atoms with Gasteiger partial charge in [0.25, 0.3) is 0 Å². The van der Waals surface area contributed by atoms with Crippen LogP contribution in [0.4, 0.5) is 0 Å². The number of carbonyl (C=O) groups is 1. The minimum Gasteiger partial charge on any atom is -0.507 e. The molecule has 1 saturated carbocycles. The molecule has 1 amide bonds. The molecule has 5 rings (SSSR count). The Bertz CT molecular complexity index is 1130. The number of rotatable bonds is 6. The van der Waals surface area contributed by atoms with E-state index in [0.29, 0.717) is 11.5 Å². The topological polar surface area (TPSA) is 68.4 Å². The van der Waals surface area contributed by atoms with Gasteiger partial charge in [0.1, 0.15) is 5.75 Å². The molecule has 1 saturated heterocycles. The lowest BCUT2D eigenvalue weighted by Crippen LogP contribution is -2.41. The number of H-pyrrole nitrogens is 1. The molecule has 1 aliphatic heterocycles. The van der Waals surface area contributed by atoms with Crippen LogP contribution in [0.1, 0.15) is 55.6 Å². The summed E-state index contributed by atoms with van der Waals surface area (Å²) in [5, 5.41) is 14.4. The van der Waals surface area contributed by atoms with Crippen molar-refractivity contribution in [2.45, 2.75) is 50.5 Å². The standard InChI is InChI=1S/C29H35N3O2/c33-28-8-4-1-5-23(28)11-14-29(34)31-24-12-9-21(10-13-24)20-32-17-15-22(16-18-32)26-19-30-27-7-3-2-6-25(26)27/h1-8,11,14,19,21-22,24,30,33H,9-10,12-13,15-18,20H2,(H,31,34)/b14-11+. The summed E-state index contributed by atoms with van der Waals surface area (Å²) in [6, 6.07) is 15.9. The SMILES string of the molecule is O=C(/C=C/c1ccccc1O)NC1CCC(CN2CCC(c3c[nH]c4ccccc34)CC2)CC1. The van der Waals surface area contributed by atoms with Crippen molar-refractivity contribution in [3.63, 3.8) is 0 Å². The first-order valence-electron chi connectivity index (χ1n) is 12.7. The van der Waals surface area contributed by atoms with Crippen LogP contribution in [0.25, 0.3) is 17.0 Å². The van der Waals surface area contributed by atoms with E-state index in [2.05, 4.69) is 45.7 Å². The fraction of sp³-hybridized carbons (Fsp3) is 0.414. The van der Waals surface area contributed by atoms with Gasteiger partial charge in [0.05, 0.1) is 0 Å². The van der Waals surface area contributed by atoms with Gasteiger partial charge in [-0.1, -0.05) is 36.4 Å². The molecule has 2 aliphatic rings. The van der Waals surface area contributed by atoms with Crippen molar-refractivity contribution in [2.75, 3.05) is 19.6 Å². The van der Waals surface area contributed by atoms with Crippen molar-refractivity contribution in [2.24, 2.45) is 5.92 Å². The highest BCUT2D eigenvalue weighted by atomic mass is 16.3. The molecule has 2 heterocycles. The third kappa shape index (κ3) is 5.36. The Morgan fingerprint density at radius 2 is 1.74 bits per heavy atom. The van der Waals surface area contributed by atoms with E-state index in [0.717, 1.165) is 18.8 Å². The predicted molar refractivity (Wildman–Crippen MR) is 138 cm³/mol. The highest BCUT2D eigenvalue weighted by Crippen LogP contribution is 2.34. The highest BCUT2D eigenvalue weighted by molar-refractivity contribution is 5.92. The molecule has 0 atom stereocenters. The highest BCUT2D eigenvalue weighted by Gasteiger charge is 2.27. The number of carbonyl (C=O) groups excluding carboxylic acids is 1. The zero-order valence-electron chi connectivity index (χ0n) is 19.7. The maximum atomic E-state index is 12.3. The third-order valence-corrected chi connectivity index (χ3v) is 7.71. The molecular weight excluding hydrogens is 422 g/mol. The Kier molecular flexibility index (Phi) is 7.00. The molecule has 2 aromatic carbocycles. The van der Waals surface area contributed by atoms with Crippen LogP contribution in [0, 0.1) is 5.92 Å². The minimum atomic E-state index is -0.0777. The first kappa shape index (κ1) is 22.7. The largest absolute Gasteiger partial charge is 0.507 e. The van der Waals surface area contributed by atoms with Crippen LogP contribution in [-0.2, 0) is 4.79 Å². The van der Waals surface area contributed by atoms with Crippen LogP contribution in [0.5, 0.6) is 5.75 Å². The number of likely N-dealkylation sites (tertiary alicyclic amines) is 1. The van der Waals surface area contributed by atoms with Gasteiger partial charge in [0.2, 0.25) is 5.91 Å². The van der Waals surface area contributed by atoms with E-state index in [9.17, 15) is 9.90 Å². The predicted octanol–water partition coefficient (Wildman–Crippen LogP) is 5.44. The Balaban J connectivity index is 1.04. The van der Waals surface area contributed by atoms with Crippen molar-refractivity contribution in [3.05, 3.63) is 71.9 Å². The maximum Gasteiger partial charge on any atom is 0.244 e. The second-order valence-corrected chi connectivity index (χ2v) is 9.98. The minimum absolute atomic E-state index is 0.0777. The molecule has 5 nitrogen and oxygen atoms in total. The Labute approximate surface area is 201 Å². The molecule has 34 heavy (non-hydrogen) atoms. The number of benzene rings is 2. The van der Waals surface area contributed by atoms with E-state index in [-0.39, 0.29) is 17.7 Å². The second-order valence-electron chi connectivity index (χ2n) is 9.98. The van der Waals surface area contributed by atoms with Gasteiger partial charge in [-0.05, 0) is 87.2 Å². The number of fused-ring (bicyclic) bond motifs is 1. The average molecular weight is 458 g/mol. The first-order chi connectivity index (χ1) is 16.7. The van der Waals surface area contributed by atoms with Crippen molar-refractivity contribution in [3.8, 4) is 5.75 Å². The molecule has 1 aliphatic carbocycles.